The summed E-state index contributed by atoms with van der Waals surface area (Å²) in [6.45, 7) is 10.4. The topological polar surface area (TPSA) is 35.5 Å². The van der Waals surface area contributed by atoms with E-state index >= 15 is 0 Å². The quantitative estimate of drug-likeness (QED) is 0.524. The molecule has 0 spiro atoms. The molecule has 1 aliphatic carbocycles. The molecule has 1 fully saturated rings. The van der Waals surface area contributed by atoms with Crippen molar-refractivity contribution in [1.29, 1.82) is 0 Å². The average molecular weight is 284 g/mol. The molecule has 0 amide bonds. The smallest absolute Gasteiger partial charge is 0.308 e. The highest BCUT2D eigenvalue weighted by atomic mass is 16.7. The predicted octanol–water partition coefficient (Wildman–Crippen LogP) is 4.69. The highest BCUT2D eigenvalue weighted by Crippen LogP contribution is 2.29. The van der Waals surface area contributed by atoms with Crippen LogP contribution in [-0.4, -0.2) is 18.4 Å². The molecule has 0 N–H and O–H groups in total. The zero-order valence-electron chi connectivity index (χ0n) is 13.9. The van der Waals surface area contributed by atoms with Crippen LogP contribution in [0.2, 0.25) is 0 Å². The number of hydrogen-bond acceptors (Lipinski definition) is 3. The lowest BCUT2D eigenvalue weighted by Crippen LogP contribution is -2.38. The van der Waals surface area contributed by atoms with Crippen LogP contribution in [0.15, 0.2) is 0 Å². The molecule has 0 aliphatic heterocycles. The fourth-order valence-electron chi connectivity index (χ4n) is 2.37. The normalized spacial score (nSPS) is 19.1. The minimum Gasteiger partial charge on any atom is -0.435 e. The van der Waals surface area contributed by atoms with Crippen molar-refractivity contribution < 1.29 is 14.3 Å². The van der Waals surface area contributed by atoms with Crippen LogP contribution >= 0.6 is 0 Å². The van der Waals surface area contributed by atoms with Crippen LogP contribution in [0.5, 0.6) is 0 Å². The zero-order valence-corrected chi connectivity index (χ0v) is 13.9. The van der Waals surface area contributed by atoms with Crippen molar-refractivity contribution in [1.82, 2.24) is 0 Å². The fourth-order valence-corrected chi connectivity index (χ4v) is 2.37. The predicted molar refractivity (Wildman–Crippen MR) is 81.4 cm³/mol. The Morgan fingerprint density at radius 1 is 1.15 bits per heavy atom. The van der Waals surface area contributed by atoms with Crippen LogP contribution in [0.25, 0.3) is 0 Å². The average Bonchev–Trinajstić information content (AvgIpc) is 2.36. The second-order valence-corrected chi connectivity index (χ2v) is 7.52. The molecular formula is C17H32O3. The van der Waals surface area contributed by atoms with E-state index in [4.69, 9.17) is 9.47 Å². The Kier molecular flexibility index (Phi) is 7.01. The van der Waals surface area contributed by atoms with E-state index in [1.54, 1.807) is 0 Å². The van der Waals surface area contributed by atoms with E-state index < -0.39 is 6.29 Å². The first kappa shape index (κ1) is 17.5. The lowest BCUT2D eigenvalue weighted by molar-refractivity contribution is -0.222. The molecule has 20 heavy (non-hydrogen) atoms. The van der Waals surface area contributed by atoms with Crippen LogP contribution in [0, 0.1) is 11.3 Å². The van der Waals surface area contributed by atoms with Crippen LogP contribution in [0.3, 0.4) is 0 Å². The summed E-state index contributed by atoms with van der Waals surface area (Å²) in [4.78, 5) is 11.9. The maximum atomic E-state index is 11.9. The van der Waals surface area contributed by atoms with Crippen molar-refractivity contribution in [3.63, 3.8) is 0 Å². The Labute approximate surface area is 124 Å². The molecule has 1 aliphatic rings. The van der Waals surface area contributed by atoms with E-state index in [1.165, 1.54) is 19.3 Å². The van der Waals surface area contributed by atoms with E-state index in [1.807, 2.05) is 0 Å². The molecule has 1 rings (SSSR count). The summed E-state index contributed by atoms with van der Waals surface area (Å²) in [5, 5.41) is 0. The van der Waals surface area contributed by atoms with E-state index in [-0.39, 0.29) is 17.5 Å². The minimum atomic E-state index is -0.426. The summed E-state index contributed by atoms with van der Waals surface area (Å²) in [6, 6.07) is 0. The van der Waals surface area contributed by atoms with E-state index in [2.05, 4.69) is 34.6 Å². The summed E-state index contributed by atoms with van der Waals surface area (Å²) in [7, 11) is 0. The van der Waals surface area contributed by atoms with Gasteiger partial charge in [0.1, 0.15) is 0 Å². The number of carbonyl (C=O) groups is 1. The third kappa shape index (κ3) is 6.74. The third-order valence-electron chi connectivity index (χ3n) is 3.74. The summed E-state index contributed by atoms with van der Waals surface area (Å²) in [5.74, 6) is 0.393. The maximum Gasteiger partial charge on any atom is 0.308 e. The van der Waals surface area contributed by atoms with Crippen molar-refractivity contribution in [2.45, 2.75) is 92.0 Å². The van der Waals surface area contributed by atoms with Gasteiger partial charge in [-0.15, -0.1) is 0 Å². The number of hydrogen-bond donors (Lipinski definition) is 0. The molecule has 3 heteroatoms. The molecule has 0 radical (unpaired) electrons. The first-order chi connectivity index (χ1) is 9.29. The van der Waals surface area contributed by atoms with Crippen molar-refractivity contribution >= 4 is 5.97 Å². The fraction of sp³-hybridized carbons (Fsp3) is 0.941. The molecule has 3 nitrogen and oxygen atoms in total. The number of ether oxygens (including phenoxy) is 2. The van der Waals surface area contributed by atoms with E-state index in [0.29, 0.717) is 12.3 Å². The molecule has 1 atom stereocenters. The highest BCUT2D eigenvalue weighted by molar-refractivity contribution is 5.69. The molecule has 0 saturated heterocycles. The van der Waals surface area contributed by atoms with Crippen LogP contribution in [-0.2, 0) is 14.3 Å². The lowest BCUT2D eigenvalue weighted by Gasteiger charge is -2.34. The molecule has 0 aromatic heterocycles. The SMILES string of the molecule is CC(C)CCC(=O)OC(OC1CCCCC1)C(C)(C)C. The van der Waals surface area contributed by atoms with E-state index in [9.17, 15) is 4.79 Å². The van der Waals surface area contributed by atoms with Gasteiger partial charge in [-0.1, -0.05) is 53.9 Å². The second kappa shape index (κ2) is 8.02. The molecule has 1 saturated carbocycles. The summed E-state index contributed by atoms with van der Waals surface area (Å²) < 4.78 is 11.7. The maximum absolute atomic E-state index is 11.9. The van der Waals surface area contributed by atoms with Gasteiger partial charge in [-0.05, 0) is 25.2 Å². The van der Waals surface area contributed by atoms with Gasteiger partial charge in [0.25, 0.3) is 0 Å². The zero-order chi connectivity index (χ0) is 15.2. The van der Waals surface area contributed by atoms with Crippen molar-refractivity contribution in [3.05, 3.63) is 0 Å². The first-order valence-electron chi connectivity index (χ1n) is 8.14. The number of rotatable bonds is 6. The van der Waals surface area contributed by atoms with Crippen molar-refractivity contribution in [2.75, 3.05) is 0 Å². The van der Waals surface area contributed by atoms with Gasteiger partial charge in [-0.3, -0.25) is 4.79 Å². The molecule has 0 aromatic rings. The van der Waals surface area contributed by atoms with Crippen LogP contribution in [0.4, 0.5) is 0 Å². The van der Waals surface area contributed by atoms with Crippen molar-refractivity contribution in [3.8, 4) is 0 Å². The highest BCUT2D eigenvalue weighted by Gasteiger charge is 2.32. The summed E-state index contributed by atoms with van der Waals surface area (Å²) >= 11 is 0. The molecule has 118 valence electrons. The van der Waals surface area contributed by atoms with Gasteiger partial charge in [0.15, 0.2) is 0 Å². The van der Waals surface area contributed by atoms with Gasteiger partial charge >= 0.3 is 5.97 Å². The number of esters is 1. The Bertz CT molecular complexity index is 285. The van der Waals surface area contributed by atoms with Crippen molar-refractivity contribution in [2.24, 2.45) is 11.3 Å². The largest absolute Gasteiger partial charge is 0.435 e. The molecule has 0 aromatic carbocycles. The molecular weight excluding hydrogens is 252 g/mol. The van der Waals surface area contributed by atoms with Crippen LogP contribution < -0.4 is 0 Å². The second-order valence-electron chi connectivity index (χ2n) is 7.52. The Morgan fingerprint density at radius 3 is 2.25 bits per heavy atom. The summed E-state index contributed by atoms with van der Waals surface area (Å²) in [6.07, 6.45) is 7.12. The van der Waals surface area contributed by atoms with Gasteiger partial charge in [0.2, 0.25) is 6.29 Å². The minimum absolute atomic E-state index is 0.130. The van der Waals surface area contributed by atoms with Gasteiger partial charge in [-0.2, -0.15) is 0 Å². The van der Waals surface area contributed by atoms with Gasteiger partial charge in [0, 0.05) is 11.8 Å². The Morgan fingerprint density at radius 2 is 1.75 bits per heavy atom. The molecule has 1 unspecified atom stereocenters. The first-order valence-corrected chi connectivity index (χ1v) is 8.14. The standard InChI is InChI=1S/C17H32O3/c1-13(2)11-12-15(18)20-16(17(3,4)5)19-14-9-7-6-8-10-14/h13-14,16H,6-12H2,1-5H3. The summed E-state index contributed by atoms with van der Waals surface area (Å²) in [5.41, 5.74) is -0.176. The van der Waals surface area contributed by atoms with Gasteiger partial charge in [0.05, 0.1) is 6.10 Å². The van der Waals surface area contributed by atoms with E-state index in [0.717, 1.165) is 19.3 Å². The lowest BCUT2D eigenvalue weighted by atomic mass is 9.94. The molecule has 0 bridgehead atoms. The third-order valence-corrected chi connectivity index (χ3v) is 3.74. The Balaban J connectivity index is 2.49. The van der Waals surface area contributed by atoms with Gasteiger partial charge < -0.3 is 9.47 Å². The van der Waals surface area contributed by atoms with Crippen LogP contribution in [0.1, 0.15) is 79.6 Å². The number of carbonyl (C=O) groups excluding carboxylic acids is 1. The monoisotopic (exact) mass is 284 g/mol. The van der Waals surface area contributed by atoms with Gasteiger partial charge in [-0.25, -0.2) is 0 Å². The Hall–Kier alpha value is -0.570. The molecule has 0 heterocycles.